The number of amidine groups is 2. The molecular formula is C31H40N6OS2. The summed E-state index contributed by atoms with van der Waals surface area (Å²) >= 11 is 3.50. The van der Waals surface area contributed by atoms with E-state index in [1.807, 2.05) is 19.1 Å². The number of hydrogen-bond acceptors (Lipinski definition) is 9. The van der Waals surface area contributed by atoms with Gasteiger partial charge in [0.05, 0.1) is 24.2 Å². The van der Waals surface area contributed by atoms with Gasteiger partial charge in [-0.15, -0.1) is 0 Å². The van der Waals surface area contributed by atoms with E-state index in [0.717, 1.165) is 70.1 Å². The number of thioether (sulfide) groups is 2. The van der Waals surface area contributed by atoms with Gasteiger partial charge in [-0.25, -0.2) is 9.98 Å². The second-order valence-electron chi connectivity index (χ2n) is 9.89. The third-order valence-electron chi connectivity index (χ3n) is 6.65. The lowest BCUT2D eigenvalue weighted by Gasteiger charge is -2.23. The average Bonchev–Trinajstić information content (AvgIpc) is 2.93. The van der Waals surface area contributed by atoms with Crippen molar-refractivity contribution >= 4 is 61.7 Å². The largest absolute Gasteiger partial charge is 0.495 e. The van der Waals surface area contributed by atoms with Crippen LogP contribution in [0.4, 0.5) is 17.1 Å². The molecule has 40 heavy (non-hydrogen) atoms. The molecule has 1 aliphatic rings. The summed E-state index contributed by atoms with van der Waals surface area (Å²) in [7, 11) is 1.67. The summed E-state index contributed by atoms with van der Waals surface area (Å²) in [6, 6.07) is 14.5. The summed E-state index contributed by atoms with van der Waals surface area (Å²) < 4.78 is 5.75. The van der Waals surface area contributed by atoms with Crippen LogP contribution < -0.4 is 15.4 Å². The van der Waals surface area contributed by atoms with Gasteiger partial charge >= 0.3 is 0 Å². The number of unbranched alkanes of at least 4 members (excludes halogenated alkanes) is 2. The Morgan fingerprint density at radius 1 is 0.850 bits per heavy atom. The van der Waals surface area contributed by atoms with Crippen LogP contribution in [0.25, 0.3) is 10.8 Å². The van der Waals surface area contributed by atoms with Crippen LogP contribution in [0.5, 0.6) is 5.75 Å². The lowest BCUT2D eigenvalue weighted by Crippen LogP contribution is -2.35. The Labute approximate surface area is 246 Å². The lowest BCUT2D eigenvalue weighted by molar-refractivity contribution is 0.416. The molecule has 0 atom stereocenters. The molecule has 2 N–H and O–H groups in total. The van der Waals surface area contributed by atoms with Gasteiger partial charge in [-0.2, -0.15) is 10.2 Å². The van der Waals surface area contributed by atoms with E-state index in [-0.39, 0.29) is 0 Å². The third kappa shape index (κ3) is 7.79. The van der Waals surface area contributed by atoms with Gasteiger partial charge in [-0.05, 0) is 79.3 Å². The zero-order chi connectivity index (χ0) is 28.5. The quantitative estimate of drug-likeness (QED) is 0.176. The number of hydrogen-bond donors (Lipinski definition) is 2. The zero-order valence-electron chi connectivity index (χ0n) is 24.4. The number of nitrogens with one attached hydrogen (secondary N) is 2. The molecule has 0 aromatic heterocycles. The van der Waals surface area contributed by atoms with Gasteiger partial charge < -0.3 is 15.4 Å². The Balaban J connectivity index is 1.56. The van der Waals surface area contributed by atoms with Crippen LogP contribution in [0, 0.1) is 20.8 Å². The van der Waals surface area contributed by atoms with E-state index in [4.69, 9.17) is 14.7 Å². The molecule has 3 aromatic carbocycles. The minimum absolute atomic E-state index is 0.431. The van der Waals surface area contributed by atoms with Crippen LogP contribution >= 0.6 is 23.5 Å². The highest BCUT2D eigenvalue weighted by molar-refractivity contribution is 8.15. The molecule has 0 fully saturated rings. The highest BCUT2D eigenvalue weighted by Gasteiger charge is 2.19. The maximum atomic E-state index is 5.75. The molecule has 0 radical (unpaired) electrons. The van der Waals surface area contributed by atoms with Crippen LogP contribution in [-0.4, -0.2) is 35.2 Å². The second-order valence-corrected chi connectivity index (χ2v) is 12.1. The predicted octanol–water partition coefficient (Wildman–Crippen LogP) is 9.27. The van der Waals surface area contributed by atoms with Crippen molar-refractivity contribution < 1.29 is 4.74 Å². The van der Waals surface area contributed by atoms with E-state index >= 15 is 0 Å². The van der Waals surface area contributed by atoms with Crippen LogP contribution in [0.2, 0.25) is 0 Å². The van der Waals surface area contributed by atoms with Crippen molar-refractivity contribution in [3.8, 4) is 5.75 Å². The van der Waals surface area contributed by atoms with Gasteiger partial charge in [0.2, 0.25) is 6.29 Å². The fourth-order valence-corrected chi connectivity index (χ4v) is 6.33. The number of rotatable bonds is 11. The van der Waals surface area contributed by atoms with Crippen molar-refractivity contribution in [1.29, 1.82) is 0 Å². The molecular weight excluding hydrogens is 537 g/mol. The smallest absolute Gasteiger partial charge is 0.219 e. The second kappa shape index (κ2) is 14.6. The molecule has 3 aromatic rings. The maximum absolute atomic E-state index is 5.75. The molecule has 212 valence electrons. The van der Waals surface area contributed by atoms with E-state index in [9.17, 15) is 0 Å². The molecule has 0 bridgehead atoms. The summed E-state index contributed by atoms with van der Waals surface area (Å²) in [4.78, 5) is 9.66. The highest BCUT2D eigenvalue weighted by Crippen LogP contribution is 2.35. The molecule has 0 aliphatic carbocycles. The number of ether oxygens (including phenoxy) is 1. The monoisotopic (exact) mass is 576 g/mol. The van der Waals surface area contributed by atoms with E-state index in [1.165, 1.54) is 21.9 Å². The first-order valence-electron chi connectivity index (χ1n) is 14.0. The standard InChI is InChI=1S/C31H40N6OS2/c1-7-9-14-39-30-33-29(34-31(35-30)40-15-10-8-2)32-27-17-22(5)26(19-28(27)38-6)37-36-23-16-21(4)24-13-11-12-20(3)25(24)18-23/h11-13,16-19,29,32H,7-10,14-15H2,1-6H3,(H,33,34,35). The fourth-order valence-electron chi connectivity index (χ4n) is 4.33. The fraction of sp³-hybridized carbons (Fsp3) is 0.419. The van der Waals surface area contributed by atoms with Crippen molar-refractivity contribution in [2.24, 2.45) is 20.2 Å². The summed E-state index contributed by atoms with van der Waals surface area (Å²) in [5, 5.41) is 20.3. The number of anilines is 1. The van der Waals surface area contributed by atoms with Crippen LogP contribution in [-0.2, 0) is 0 Å². The normalized spacial score (nSPS) is 13.8. The average molecular weight is 577 g/mol. The number of benzene rings is 3. The highest BCUT2D eigenvalue weighted by atomic mass is 32.2. The number of aliphatic imine (C=N–C) groups is 2. The van der Waals surface area contributed by atoms with Gasteiger partial charge in [0.1, 0.15) is 5.75 Å². The molecule has 1 aliphatic heterocycles. The summed E-state index contributed by atoms with van der Waals surface area (Å²) in [6.45, 7) is 10.7. The summed E-state index contributed by atoms with van der Waals surface area (Å²) in [6.07, 6.45) is 4.20. The Kier molecular flexibility index (Phi) is 10.9. The minimum atomic E-state index is -0.431. The molecule has 0 unspecified atom stereocenters. The first kappa shape index (κ1) is 29.9. The Morgan fingerprint density at radius 2 is 1.55 bits per heavy atom. The number of fused-ring (bicyclic) bond motifs is 1. The van der Waals surface area contributed by atoms with Crippen molar-refractivity contribution in [2.75, 3.05) is 23.9 Å². The molecule has 9 heteroatoms. The molecule has 0 saturated heterocycles. The zero-order valence-corrected chi connectivity index (χ0v) is 26.0. The van der Waals surface area contributed by atoms with Gasteiger partial charge in [-0.3, -0.25) is 0 Å². The van der Waals surface area contributed by atoms with Gasteiger partial charge in [0, 0.05) is 17.6 Å². The van der Waals surface area contributed by atoms with Gasteiger partial charge in [0.15, 0.2) is 10.3 Å². The van der Waals surface area contributed by atoms with Crippen LogP contribution in [0.15, 0.2) is 62.7 Å². The van der Waals surface area contributed by atoms with Crippen LogP contribution in [0.3, 0.4) is 0 Å². The van der Waals surface area contributed by atoms with Gasteiger partial charge in [0.25, 0.3) is 0 Å². The first-order valence-corrected chi connectivity index (χ1v) is 15.9. The molecule has 0 amide bonds. The molecule has 0 spiro atoms. The number of methoxy groups -OCH3 is 1. The number of azo groups is 1. The number of aryl methyl sites for hydroxylation is 3. The Hall–Kier alpha value is -3.04. The van der Waals surface area contributed by atoms with Crippen molar-refractivity contribution in [1.82, 2.24) is 5.32 Å². The molecule has 0 saturated carbocycles. The van der Waals surface area contributed by atoms with Crippen molar-refractivity contribution in [3.63, 3.8) is 0 Å². The lowest BCUT2D eigenvalue weighted by atomic mass is 10.0. The first-order chi connectivity index (χ1) is 19.4. The van der Waals surface area contributed by atoms with E-state index < -0.39 is 6.29 Å². The minimum Gasteiger partial charge on any atom is -0.495 e. The van der Waals surface area contributed by atoms with E-state index in [2.05, 4.69) is 78.9 Å². The summed E-state index contributed by atoms with van der Waals surface area (Å²) in [5.74, 6) is 2.73. The predicted molar refractivity (Wildman–Crippen MR) is 175 cm³/mol. The van der Waals surface area contributed by atoms with E-state index in [0.29, 0.717) is 5.75 Å². The van der Waals surface area contributed by atoms with Crippen molar-refractivity contribution in [3.05, 3.63) is 59.2 Å². The van der Waals surface area contributed by atoms with E-state index in [1.54, 1.807) is 30.6 Å². The molecule has 7 nitrogen and oxygen atoms in total. The van der Waals surface area contributed by atoms with Crippen LogP contribution in [0.1, 0.15) is 56.2 Å². The molecule has 4 rings (SSSR count). The molecule has 1 heterocycles. The van der Waals surface area contributed by atoms with Gasteiger partial charge in [-0.1, -0.05) is 68.4 Å². The SMILES string of the molecule is CCCCSC1=NC(Nc2cc(C)c(N=Nc3cc(C)c4cccc(C)c4c3)cc2OC)N=C(SCCCC)N1. The van der Waals surface area contributed by atoms with Crippen molar-refractivity contribution in [2.45, 2.75) is 66.6 Å². The third-order valence-corrected chi connectivity index (χ3v) is 8.60. The number of nitrogens with zero attached hydrogens (tertiary/aromatic N) is 4. The summed E-state index contributed by atoms with van der Waals surface area (Å²) in [5.41, 5.74) is 5.82. The Morgan fingerprint density at radius 3 is 2.20 bits per heavy atom. The Bertz CT molecular complexity index is 1390. The topological polar surface area (TPSA) is 82.7 Å². The maximum Gasteiger partial charge on any atom is 0.219 e.